The Hall–Kier alpha value is -3.35. The van der Waals surface area contributed by atoms with Gasteiger partial charge in [-0.15, -0.1) is 0 Å². The molecule has 0 spiro atoms. The summed E-state index contributed by atoms with van der Waals surface area (Å²) in [6.45, 7) is 5.23. The van der Waals surface area contributed by atoms with Gasteiger partial charge in [-0.1, -0.05) is 44.2 Å². The highest BCUT2D eigenvalue weighted by molar-refractivity contribution is 6.00. The molecular weight excluding hydrogens is 442 g/mol. The van der Waals surface area contributed by atoms with E-state index in [1.54, 1.807) is 4.90 Å². The third-order valence-corrected chi connectivity index (χ3v) is 6.82. The quantitative estimate of drug-likeness (QED) is 0.518. The summed E-state index contributed by atoms with van der Waals surface area (Å²) in [6, 6.07) is 15.9. The molecule has 7 nitrogen and oxygen atoms in total. The summed E-state index contributed by atoms with van der Waals surface area (Å²) >= 11 is 0. The van der Waals surface area contributed by atoms with E-state index in [-0.39, 0.29) is 36.7 Å². The van der Waals surface area contributed by atoms with Crippen molar-refractivity contribution in [1.82, 2.24) is 10.6 Å². The number of para-hydroxylation sites is 1. The topological polar surface area (TPSA) is 87.7 Å². The summed E-state index contributed by atoms with van der Waals surface area (Å²) in [5.41, 5.74) is 3.14. The zero-order valence-corrected chi connectivity index (χ0v) is 20.6. The van der Waals surface area contributed by atoms with Gasteiger partial charge in [-0.05, 0) is 60.9 Å². The maximum atomic E-state index is 12.8. The number of anilines is 1. The first-order chi connectivity index (χ1) is 16.9. The number of carbonyl (C=O) groups excluding carboxylic acids is 3. The predicted molar refractivity (Wildman–Crippen MR) is 135 cm³/mol. The van der Waals surface area contributed by atoms with Gasteiger partial charge in [-0.25, -0.2) is 0 Å². The number of carbonyl (C=O) groups is 3. The van der Waals surface area contributed by atoms with Crippen LogP contribution in [0.25, 0.3) is 0 Å². The molecule has 7 heteroatoms. The van der Waals surface area contributed by atoms with Crippen molar-refractivity contribution in [1.29, 1.82) is 0 Å². The molecule has 2 unspecified atom stereocenters. The second-order valence-electron chi connectivity index (χ2n) is 9.59. The highest BCUT2D eigenvalue weighted by atomic mass is 16.5. The highest BCUT2D eigenvalue weighted by Gasteiger charge is 2.36. The lowest BCUT2D eigenvalue weighted by Crippen LogP contribution is -2.34. The Morgan fingerprint density at radius 1 is 1.11 bits per heavy atom. The minimum absolute atomic E-state index is 0.00213. The number of amides is 3. The van der Waals surface area contributed by atoms with Crippen LogP contribution in [-0.2, 0) is 20.8 Å². The number of nitrogens with one attached hydrogen (secondary N) is 2. The van der Waals surface area contributed by atoms with Crippen LogP contribution < -0.4 is 20.3 Å². The summed E-state index contributed by atoms with van der Waals surface area (Å²) in [5.74, 6) is 0.483. The molecule has 0 bridgehead atoms. The van der Waals surface area contributed by atoms with E-state index in [0.717, 1.165) is 36.1 Å². The van der Waals surface area contributed by atoms with E-state index in [1.807, 2.05) is 42.5 Å². The normalized spacial score (nSPS) is 18.3. The Morgan fingerprint density at radius 2 is 1.86 bits per heavy atom. The lowest BCUT2D eigenvalue weighted by molar-refractivity contribution is -0.126. The zero-order valence-electron chi connectivity index (χ0n) is 20.6. The number of benzene rings is 2. The molecule has 1 saturated carbocycles. The van der Waals surface area contributed by atoms with Crippen molar-refractivity contribution in [3.05, 3.63) is 59.7 Å². The van der Waals surface area contributed by atoms with Gasteiger partial charge in [-0.2, -0.15) is 0 Å². The van der Waals surface area contributed by atoms with Crippen molar-refractivity contribution in [3.63, 3.8) is 0 Å². The standard InChI is InChI=1S/C28H35N3O4/c1-3-19(2)24-6-4-5-7-25(24)31-17-21(16-27(31)33)28(34)29-15-14-20-8-12-23(13-9-20)35-18-26(32)30-22-10-11-22/h4-9,12-13,19,21-22H,3,10-11,14-18H2,1-2H3,(H,29,34)(H,30,32). The van der Waals surface area contributed by atoms with Crippen LogP contribution in [0.5, 0.6) is 5.75 Å². The third kappa shape index (κ3) is 6.62. The molecule has 2 fully saturated rings. The number of rotatable bonds is 11. The van der Waals surface area contributed by atoms with E-state index in [9.17, 15) is 14.4 Å². The average Bonchev–Trinajstić information content (AvgIpc) is 3.60. The number of hydrogen-bond acceptors (Lipinski definition) is 4. The minimum atomic E-state index is -0.343. The lowest BCUT2D eigenvalue weighted by atomic mass is 9.96. The van der Waals surface area contributed by atoms with E-state index in [2.05, 4.69) is 30.5 Å². The van der Waals surface area contributed by atoms with Crippen molar-refractivity contribution < 1.29 is 19.1 Å². The average molecular weight is 478 g/mol. The van der Waals surface area contributed by atoms with Crippen LogP contribution in [-0.4, -0.2) is 43.5 Å². The van der Waals surface area contributed by atoms with E-state index in [4.69, 9.17) is 4.74 Å². The highest BCUT2D eigenvalue weighted by Crippen LogP contribution is 2.33. The maximum Gasteiger partial charge on any atom is 0.258 e. The van der Waals surface area contributed by atoms with Gasteiger partial charge in [0.05, 0.1) is 5.92 Å². The molecule has 4 rings (SSSR count). The fourth-order valence-corrected chi connectivity index (χ4v) is 4.36. The molecule has 2 N–H and O–H groups in total. The van der Waals surface area contributed by atoms with Crippen LogP contribution in [0.2, 0.25) is 0 Å². The molecule has 1 aliphatic heterocycles. The van der Waals surface area contributed by atoms with E-state index in [1.165, 1.54) is 0 Å². The molecule has 2 atom stereocenters. The largest absolute Gasteiger partial charge is 0.484 e. The lowest BCUT2D eigenvalue weighted by Gasteiger charge is -2.23. The Balaban J connectivity index is 1.23. The second kappa shape index (κ2) is 11.4. The molecule has 186 valence electrons. The summed E-state index contributed by atoms with van der Waals surface area (Å²) < 4.78 is 5.53. The fourth-order valence-electron chi connectivity index (χ4n) is 4.36. The van der Waals surface area contributed by atoms with Gasteiger partial charge in [0.25, 0.3) is 5.91 Å². The van der Waals surface area contributed by atoms with Gasteiger partial charge >= 0.3 is 0 Å². The SMILES string of the molecule is CCC(C)c1ccccc1N1CC(C(=O)NCCc2ccc(OCC(=O)NC3CC3)cc2)CC1=O. The van der Waals surface area contributed by atoms with Crippen LogP contribution in [0, 0.1) is 5.92 Å². The predicted octanol–water partition coefficient (Wildman–Crippen LogP) is 3.57. The number of nitrogens with zero attached hydrogens (tertiary/aromatic N) is 1. The summed E-state index contributed by atoms with van der Waals surface area (Å²) in [5, 5.41) is 5.88. The van der Waals surface area contributed by atoms with Crippen LogP contribution >= 0.6 is 0 Å². The van der Waals surface area contributed by atoms with Crippen molar-refractivity contribution in [2.24, 2.45) is 5.92 Å². The van der Waals surface area contributed by atoms with Crippen molar-refractivity contribution in [3.8, 4) is 5.75 Å². The monoisotopic (exact) mass is 477 g/mol. The Kier molecular flexibility index (Phi) is 8.06. The van der Waals surface area contributed by atoms with Crippen LogP contribution in [0.1, 0.15) is 56.6 Å². The van der Waals surface area contributed by atoms with E-state index < -0.39 is 0 Å². The van der Waals surface area contributed by atoms with E-state index in [0.29, 0.717) is 37.2 Å². The molecule has 0 aromatic heterocycles. The van der Waals surface area contributed by atoms with Crippen molar-refractivity contribution in [2.75, 3.05) is 24.6 Å². The smallest absolute Gasteiger partial charge is 0.258 e. The van der Waals surface area contributed by atoms with Crippen LogP contribution in [0.3, 0.4) is 0 Å². The number of ether oxygens (including phenoxy) is 1. The van der Waals surface area contributed by atoms with E-state index >= 15 is 0 Å². The molecule has 1 saturated heterocycles. The summed E-state index contributed by atoms with van der Waals surface area (Å²) in [4.78, 5) is 39.0. The van der Waals surface area contributed by atoms with Crippen LogP contribution in [0.15, 0.2) is 48.5 Å². The fraction of sp³-hybridized carbons (Fsp3) is 0.464. The summed E-state index contributed by atoms with van der Waals surface area (Å²) in [7, 11) is 0. The molecule has 2 aromatic carbocycles. The molecular formula is C28H35N3O4. The van der Waals surface area contributed by atoms with Gasteiger partial charge in [0.15, 0.2) is 6.61 Å². The molecule has 2 aliphatic rings. The molecule has 3 amide bonds. The third-order valence-electron chi connectivity index (χ3n) is 6.82. The maximum absolute atomic E-state index is 12.8. The minimum Gasteiger partial charge on any atom is -0.484 e. The molecule has 35 heavy (non-hydrogen) atoms. The van der Waals surface area contributed by atoms with Gasteiger partial charge in [0.2, 0.25) is 11.8 Å². The number of hydrogen-bond donors (Lipinski definition) is 2. The van der Waals surface area contributed by atoms with Gasteiger partial charge in [-0.3, -0.25) is 14.4 Å². The zero-order chi connectivity index (χ0) is 24.8. The Labute approximate surface area is 207 Å². The first-order valence-corrected chi connectivity index (χ1v) is 12.6. The van der Waals surface area contributed by atoms with Crippen molar-refractivity contribution in [2.45, 2.75) is 57.9 Å². The Morgan fingerprint density at radius 3 is 2.57 bits per heavy atom. The molecule has 1 heterocycles. The van der Waals surface area contributed by atoms with Gasteiger partial charge in [0, 0.05) is 31.2 Å². The Bertz CT molecular complexity index is 1050. The molecule has 1 aliphatic carbocycles. The summed E-state index contributed by atoms with van der Waals surface area (Å²) in [6.07, 6.45) is 4.01. The molecule has 2 aromatic rings. The first kappa shape index (κ1) is 24.8. The first-order valence-electron chi connectivity index (χ1n) is 12.6. The second-order valence-corrected chi connectivity index (χ2v) is 9.59. The van der Waals surface area contributed by atoms with Crippen molar-refractivity contribution >= 4 is 23.4 Å². The molecule has 0 radical (unpaired) electrons. The van der Waals surface area contributed by atoms with Gasteiger partial charge < -0.3 is 20.3 Å². The van der Waals surface area contributed by atoms with Gasteiger partial charge in [0.1, 0.15) is 5.75 Å². The van der Waals surface area contributed by atoms with Crippen LogP contribution in [0.4, 0.5) is 5.69 Å².